The van der Waals surface area contributed by atoms with Gasteiger partial charge in [0, 0.05) is 5.75 Å². The number of thioether (sulfide) groups is 1. The quantitative estimate of drug-likeness (QED) is 0.431. The fraction of sp³-hybridized carbons (Fsp3) is 0.778. The number of hydrogen-bond donors (Lipinski definition) is 2. The molecule has 1 aliphatic heterocycles. The summed E-state index contributed by atoms with van der Waals surface area (Å²) in [6, 6.07) is -0.316. The molecule has 0 aliphatic carbocycles. The number of rotatable bonds is 4. The average Bonchev–Trinajstić information content (AvgIpc) is 2.70. The van der Waals surface area contributed by atoms with E-state index < -0.39 is 17.2 Å². The molecule has 15 heavy (non-hydrogen) atoms. The van der Waals surface area contributed by atoms with Gasteiger partial charge in [-0.1, -0.05) is 0 Å². The molecule has 4 nitrogen and oxygen atoms in total. The smallest absolute Gasteiger partial charge is 0.330 e. The first-order valence-electron chi connectivity index (χ1n) is 4.81. The van der Waals surface area contributed by atoms with Crippen molar-refractivity contribution in [2.24, 2.45) is 0 Å². The molecule has 1 N–H and O–H groups in total. The molecule has 0 saturated carbocycles. The summed E-state index contributed by atoms with van der Waals surface area (Å²) in [5.74, 6) is -0.475. The Morgan fingerprint density at radius 1 is 1.67 bits per heavy atom. The minimum absolute atomic E-state index is 0.316. The SMILES string of the molecule is CSCC(S)C(=O)OC(=O)[C@@H]1CCCN1. The predicted octanol–water partition coefficient (Wildman–Crippen LogP) is 0.470. The van der Waals surface area contributed by atoms with E-state index in [0.717, 1.165) is 19.4 Å². The molecule has 0 radical (unpaired) electrons. The second-order valence-corrected chi connectivity index (χ2v) is 4.89. The molecule has 1 fully saturated rings. The van der Waals surface area contributed by atoms with Gasteiger partial charge in [-0.05, 0) is 25.6 Å². The third-order valence-corrected chi connectivity index (χ3v) is 3.45. The van der Waals surface area contributed by atoms with E-state index in [0.29, 0.717) is 5.75 Å². The Morgan fingerprint density at radius 3 is 2.93 bits per heavy atom. The molecule has 6 heteroatoms. The molecule has 0 aromatic heterocycles. The molecule has 1 heterocycles. The lowest BCUT2D eigenvalue weighted by Gasteiger charge is -2.11. The summed E-state index contributed by atoms with van der Waals surface area (Å²) in [6.45, 7) is 0.809. The molecule has 2 atom stereocenters. The lowest BCUT2D eigenvalue weighted by atomic mass is 10.2. The van der Waals surface area contributed by atoms with Crippen LogP contribution in [0.2, 0.25) is 0 Å². The zero-order chi connectivity index (χ0) is 11.3. The summed E-state index contributed by atoms with van der Waals surface area (Å²) < 4.78 is 4.72. The zero-order valence-electron chi connectivity index (χ0n) is 8.56. The van der Waals surface area contributed by atoms with Crippen LogP contribution < -0.4 is 5.32 Å². The summed E-state index contributed by atoms with van der Waals surface area (Å²) in [5, 5.41) is 2.45. The van der Waals surface area contributed by atoms with Crippen LogP contribution in [0.1, 0.15) is 12.8 Å². The highest BCUT2D eigenvalue weighted by Crippen LogP contribution is 2.10. The van der Waals surface area contributed by atoms with Gasteiger partial charge in [-0.25, -0.2) is 4.79 Å². The lowest BCUT2D eigenvalue weighted by Crippen LogP contribution is -2.36. The Balaban J connectivity index is 2.33. The van der Waals surface area contributed by atoms with Crippen molar-refractivity contribution in [1.29, 1.82) is 0 Å². The number of nitrogens with one attached hydrogen (secondary N) is 1. The number of thiol groups is 1. The Kier molecular flexibility index (Phi) is 5.49. The second-order valence-electron chi connectivity index (χ2n) is 3.36. The predicted molar refractivity (Wildman–Crippen MR) is 63.3 cm³/mol. The van der Waals surface area contributed by atoms with Crippen LogP contribution in [0.5, 0.6) is 0 Å². The summed E-state index contributed by atoms with van der Waals surface area (Å²) in [6.07, 6.45) is 3.56. The highest BCUT2D eigenvalue weighted by molar-refractivity contribution is 7.99. The molecule has 1 saturated heterocycles. The normalized spacial score (nSPS) is 22.4. The van der Waals surface area contributed by atoms with Crippen LogP contribution in [0.25, 0.3) is 0 Å². The summed E-state index contributed by atoms with van der Waals surface area (Å²) >= 11 is 5.55. The van der Waals surface area contributed by atoms with Crippen LogP contribution in [-0.2, 0) is 14.3 Å². The zero-order valence-corrected chi connectivity index (χ0v) is 10.3. The largest absolute Gasteiger partial charge is 0.391 e. The van der Waals surface area contributed by atoms with Crippen LogP contribution in [0.15, 0.2) is 0 Å². The highest BCUT2D eigenvalue weighted by atomic mass is 32.2. The number of ether oxygens (including phenoxy) is 1. The Labute approximate surface area is 98.9 Å². The van der Waals surface area contributed by atoms with Gasteiger partial charge in [-0.2, -0.15) is 24.4 Å². The van der Waals surface area contributed by atoms with Gasteiger partial charge in [0.05, 0.1) is 0 Å². The van der Waals surface area contributed by atoms with E-state index in [-0.39, 0.29) is 6.04 Å². The average molecular weight is 249 g/mol. The maximum absolute atomic E-state index is 11.4. The molecule has 0 spiro atoms. The fourth-order valence-corrected chi connectivity index (χ4v) is 2.30. The van der Waals surface area contributed by atoms with Gasteiger partial charge in [0.1, 0.15) is 11.3 Å². The van der Waals surface area contributed by atoms with Gasteiger partial charge < -0.3 is 10.1 Å². The Bertz CT molecular complexity index is 242. The topological polar surface area (TPSA) is 55.4 Å². The van der Waals surface area contributed by atoms with E-state index >= 15 is 0 Å². The minimum atomic E-state index is -0.550. The molecule has 1 aliphatic rings. The number of hydrogen-bond acceptors (Lipinski definition) is 6. The van der Waals surface area contributed by atoms with E-state index in [9.17, 15) is 9.59 Å². The molecule has 0 amide bonds. The van der Waals surface area contributed by atoms with Crippen LogP contribution >= 0.6 is 24.4 Å². The van der Waals surface area contributed by atoms with E-state index in [1.807, 2.05) is 6.26 Å². The van der Waals surface area contributed by atoms with Crippen molar-refractivity contribution >= 4 is 36.3 Å². The van der Waals surface area contributed by atoms with Crippen molar-refractivity contribution in [3.05, 3.63) is 0 Å². The van der Waals surface area contributed by atoms with Gasteiger partial charge in [-0.3, -0.25) is 4.79 Å². The first-order valence-corrected chi connectivity index (χ1v) is 6.72. The van der Waals surface area contributed by atoms with Gasteiger partial charge in [0.25, 0.3) is 0 Å². The van der Waals surface area contributed by atoms with Gasteiger partial charge in [0.15, 0.2) is 0 Å². The van der Waals surface area contributed by atoms with Crippen molar-refractivity contribution < 1.29 is 14.3 Å². The number of esters is 2. The molecule has 86 valence electrons. The van der Waals surface area contributed by atoms with E-state index in [4.69, 9.17) is 4.74 Å². The Morgan fingerprint density at radius 2 is 2.40 bits per heavy atom. The second kappa shape index (κ2) is 6.40. The minimum Gasteiger partial charge on any atom is -0.391 e. The van der Waals surface area contributed by atoms with E-state index in [1.54, 1.807) is 0 Å². The van der Waals surface area contributed by atoms with Crippen LogP contribution in [0.4, 0.5) is 0 Å². The first-order chi connectivity index (χ1) is 7.15. The van der Waals surface area contributed by atoms with Crippen molar-refractivity contribution in [3.8, 4) is 0 Å². The van der Waals surface area contributed by atoms with E-state index in [2.05, 4.69) is 17.9 Å². The monoisotopic (exact) mass is 249 g/mol. The molecule has 1 unspecified atom stereocenters. The van der Waals surface area contributed by atoms with Gasteiger partial charge in [0.2, 0.25) is 0 Å². The van der Waals surface area contributed by atoms with Crippen molar-refractivity contribution in [2.45, 2.75) is 24.1 Å². The number of carbonyl (C=O) groups excluding carboxylic acids is 2. The lowest BCUT2D eigenvalue weighted by molar-refractivity contribution is -0.160. The third-order valence-electron chi connectivity index (χ3n) is 2.14. The third kappa shape index (κ3) is 4.04. The summed E-state index contributed by atoms with van der Waals surface area (Å²) in [4.78, 5) is 22.8. The molecular weight excluding hydrogens is 234 g/mol. The summed E-state index contributed by atoms with van der Waals surface area (Å²) in [7, 11) is 0. The fourth-order valence-electron chi connectivity index (χ4n) is 1.35. The van der Waals surface area contributed by atoms with Crippen molar-refractivity contribution in [3.63, 3.8) is 0 Å². The molecular formula is C9H15NO3S2. The maximum Gasteiger partial charge on any atom is 0.330 e. The van der Waals surface area contributed by atoms with Crippen molar-refractivity contribution in [1.82, 2.24) is 5.32 Å². The Hall–Kier alpha value is -0.200. The summed E-state index contributed by atoms with van der Waals surface area (Å²) in [5.41, 5.74) is 0. The maximum atomic E-state index is 11.4. The van der Waals surface area contributed by atoms with Gasteiger partial charge in [-0.15, -0.1) is 0 Å². The standard InChI is InChI=1S/C9H15NO3S2/c1-15-5-7(14)9(12)13-8(11)6-3-2-4-10-6/h6-7,10,14H,2-5H2,1H3/t6-,7?/m0/s1. The molecule has 0 aromatic rings. The molecule has 0 aromatic carbocycles. The van der Waals surface area contributed by atoms with Crippen LogP contribution in [0, 0.1) is 0 Å². The highest BCUT2D eigenvalue weighted by Gasteiger charge is 2.27. The number of carbonyl (C=O) groups is 2. The molecule has 0 bridgehead atoms. The van der Waals surface area contributed by atoms with Crippen LogP contribution in [0.3, 0.4) is 0 Å². The van der Waals surface area contributed by atoms with Gasteiger partial charge >= 0.3 is 11.9 Å². The van der Waals surface area contributed by atoms with Crippen molar-refractivity contribution in [2.75, 3.05) is 18.6 Å². The van der Waals surface area contributed by atoms with Crippen LogP contribution in [-0.4, -0.2) is 41.8 Å². The van der Waals surface area contributed by atoms with E-state index in [1.165, 1.54) is 11.8 Å². The first kappa shape index (κ1) is 12.9. The molecule has 1 rings (SSSR count).